The number of aryl methyl sites for hydroxylation is 2. The smallest absolute Gasteiger partial charge is 0.332 e. The first-order valence-corrected chi connectivity index (χ1v) is 11.3. The molecule has 7 heteroatoms. The molecule has 5 rings (SSSR count). The van der Waals surface area contributed by atoms with E-state index in [9.17, 15) is 9.59 Å². The van der Waals surface area contributed by atoms with Gasteiger partial charge in [0.15, 0.2) is 0 Å². The van der Waals surface area contributed by atoms with E-state index in [0.29, 0.717) is 17.7 Å². The van der Waals surface area contributed by atoms with Crippen molar-refractivity contribution in [3.63, 3.8) is 0 Å². The van der Waals surface area contributed by atoms with Crippen molar-refractivity contribution in [3.8, 4) is 0 Å². The lowest BCUT2D eigenvalue weighted by Gasteiger charge is -2.13. The first-order chi connectivity index (χ1) is 14.1. The van der Waals surface area contributed by atoms with Crippen molar-refractivity contribution in [2.45, 2.75) is 38.8 Å². The minimum Gasteiger partial charge on any atom is -0.467 e. The van der Waals surface area contributed by atoms with Crippen LogP contribution in [0.4, 0.5) is 0 Å². The second-order valence-corrected chi connectivity index (χ2v) is 9.36. The van der Waals surface area contributed by atoms with E-state index < -0.39 is 0 Å². The van der Waals surface area contributed by atoms with Crippen LogP contribution in [0, 0.1) is 0 Å². The summed E-state index contributed by atoms with van der Waals surface area (Å²) in [7, 11) is 0. The molecule has 1 aliphatic carbocycles. The number of rotatable bonds is 4. The Bertz CT molecular complexity index is 1300. The zero-order valence-electron chi connectivity index (χ0n) is 15.7. The van der Waals surface area contributed by atoms with Crippen LogP contribution >= 0.6 is 27.3 Å². The van der Waals surface area contributed by atoms with E-state index in [0.717, 1.165) is 46.1 Å². The maximum atomic E-state index is 13.4. The van der Waals surface area contributed by atoms with Gasteiger partial charge >= 0.3 is 5.69 Å². The summed E-state index contributed by atoms with van der Waals surface area (Å²) in [6.45, 7) is 0.575. The number of fused-ring (bicyclic) bond motifs is 3. The van der Waals surface area contributed by atoms with E-state index in [1.165, 1.54) is 9.44 Å². The molecule has 0 unspecified atom stereocenters. The molecule has 4 aromatic rings. The van der Waals surface area contributed by atoms with Gasteiger partial charge in [-0.15, -0.1) is 11.3 Å². The third-order valence-corrected chi connectivity index (χ3v) is 7.31. The van der Waals surface area contributed by atoms with Crippen LogP contribution in [0.2, 0.25) is 0 Å². The van der Waals surface area contributed by atoms with Gasteiger partial charge in [-0.2, -0.15) is 0 Å². The number of aromatic nitrogens is 2. The average molecular weight is 471 g/mol. The van der Waals surface area contributed by atoms with Gasteiger partial charge in [-0.3, -0.25) is 13.9 Å². The Morgan fingerprint density at radius 2 is 1.79 bits per heavy atom. The van der Waals surface area contributed by atoms with Crippen molar-refractivity contribution < 1.29 is 4.42 Å². The van der Waals surface area contributed by atoms with Gasteiger partial charge in [0, 0.05) is 9.35 Å². The van der Waals surface area contributed by atoms with Crippen LogP contribution in [-0.2, 0) is 25.9 Å². The highest BCUT2D eigenvalue weighted by Gasteiger charge is 2.24. The Kier molecular flexibility index (Phi) is 4.80. The summed E-state index contributed by atoms with van der Waals surface area (Å²) in [5.41, 5.74) is 1.67. The second-order valence-electron chi connectivity index (χ2n) is 7.36. The maximum Gasteiger partial charge on any atom is 0.332 e. The minimum absolute atomic E-state index is 0.144. The van der Waals surface area contributed by atoms with Gasteiger partial charge in [0.2, 0.25) is 0 Å². The molecule has 148 valence electrons. The monoisotopic (exact) mass is 470 g/mol. The molecule has 3 heterocycles. The summed E-state index contributed by atoms with van der Waals surface area (Å²) in [4.78, 5) is 28.8. The molecular formula is C22H19BrN2O3S. The fourth-order valence-electron chi connectivity index (χ4n) is 4.03. The first-order valence-electron chi connectivity index (χ1n) is 9.66. The van der Waals surface area contributed by atoms with Gasteiger partial charge in [0.05, 0.1) is 24.7 Å². The van der Waals surface area contributed by atoms with Crippen molar-refractivity contribution in [2.24, 2.45) is 0 Å². The summed E-state index contributed by atoms with van der Waals surface area (Å²) in [5, 5.41) is 0.716. The van der Waals surface area contributed by atoms with E-state index in [1.807, 2.05) is 24.3 Å². The van der Waals surface area contributed by atoms with E-state index >= 15 is 0 Å². The molecule has 0 radical (unpaired) electrons. The van der Waals surface area contributed by atoms with Crippen LogP contribution in [0.5, 0.6) is 0 Å². The molecule has 0 aliphatic heterocycles. The van der Waals surface area contributed by atoms with Crippen molar-refractivity contribution in [1.29, 1.82) is 0 Å². The second kappa shape index (κ2) is 7.46. The molecular weight excluding hydrogens is 452 g/mol. The maximum absolute atomic E-state index is 13.4. The largest absolute Gasteiger partial charge is 0.467 e. The Morgan fingerprint density at radius 3 is 2.55 bits per heavy atom. The zero-order valence-corrected chi connectivity index (χ0v) is 18.1. The predicted octanol–water partition coefficient (Wildman–Crippen LogP) is 4.56. The third kappa shape index (κ3) is 3.32. The van der Waals surface area contributed by atoms with Gasteiger partial charge < -0.3 is 4.42 Å². The molecule has 1 aromatic carbocycles. The summed E-state index contributed by atoms with van der Waals surface area (Å²) >= 11 is 5.07. The normalized spacial score (nSPS) is 13.7. The zero-order chi connectivity index (χ0) is 20.0. The SMILES string of the molecule is O=c1c2c3c(sc2n(Cc2ccc(Br)cc2)c(=O)n1Cc1ccco1)CCCC3. The van der Waals surface area contributed by atoms with Gasteiger partial charge in [-0.25, -0.2) is 4.79 Å². The van der Waals surface area contributed by atoms with Crippen LogP contribution < -0.4 is 11.2 Å². The number of furan rings is 1. The summed E-state index contributed by atoms with van der Waals surface area (Å²) in [6.07, 6.45) is 5.67. The quantitative estimate of drug-likeness (QED) is 0.439. The van der Waals surface area contributed by atoms with Gasteiger partial charge in [-0.05, 0) is 61.1 Å². The third-order valence-electron chi connectivity index (χ3n) is 5.47. The Labute approximate surface area is 179 Å². The van der Waals surface area contributed by atoms with E-state index in [2.05, 4.69) is 15.9 Å². The number of nitrogens with zero attached hydrogens (tertiary/aromatic N) is 2. The van der Waals surface area contributed by atoms with Gasteiger partial charge in [0.25, 0.3) is 5.56 Å². The number of thiophene rings is 1. The molecule has 29 heavy (non-hydrogen) atoms. The van der Waals surface area contributed by atoms with E-state index in [4.69, 9.17) is 4.42 Å². The molecule has 0 saturated carbocycles. The Hall–Kier alpha value is -2.38. The van der Waals surface area contributed by atoms with Crippen LogP contribution in [-0.4, -0.2) is 9.13 Å². The number of hydrogen-bond donors (Lipinski definition) is 0. The lowest BCUT2D eigenvalue weighted by Crippen LogP contribution is -2.40. The molecule has 0 bridgehead atoms. The first kappa shape index (κ1) is 18.6. The highest BCUT2D eigenvalue weighted by molar-refractivity contribution is 9.10. The molecule has 0 atom stereocenters. The molecule has 5 nitrogen and oxygen atoms in total. The van der Waals surface area contributed by atoms with Crippen LogP contribution in [0.3, 0.4) is 0 Å². The van der Waals surface area contributed by atoms with Crippen LogP contribution in [0.25, 0.3) is 10.2 Å². The summed E-state index contributed by atoms with van der Waals surface area (Å²) < 4.78 is 9.49. The molecule has 1 aliphatic rings. The molecule has 0 amide bonds. The highest BCUT2D eigenvalue weighted by atomic mass is 79.9. The summed E-state index contributed by atoms with van der Waals surface area (Å²) in [6, 6.07) is 11.5. The fourth-order valence-corrected chi connectivity index (χ4v) is 5.66. The van der Waals surface area contributed by atoms with E-state index in [-0.39, 0.29) is 17.8 Å². The number of hydrogen-bond acceptors (Lipinski definition) is 4. The fraction of sp³-hybridized carbons (Fsp3) is 0.273. The molecule has 0 fully saturated rings. The Balaban J connectivity index is 1.75. The van der Waals surface area contributed by atoms with Crippen molar-refractivity contribution >= 4 is 37.5 Å². The van der Waals surface area contributed by atoms with Gasteiger partial charge in [-0.1, -0.05) is 28.1 Å². The number of halogens is 1. The summed E-state index contributed by atoms with van der Waals surface area (Å²) in [5.74, 6) is 0.600. The Morgan fingerprint density at radius 1 is 1.00 bits per heavy atom. The van der Waals surface area contributed by atoms with Crippen molar-refractivity contribution in [3.05, 3.63) is 89.7 Å². The van der Waals surface area contributed by atoms with Crippen molar-refractivity contribution in [2.75, 3.05) is 0 Å². The standard InChI is InChI=1S/C22H19BrN2O3S/c23-15-9-7-14(8-10-15)12-25-21-19(17-5-1-2-6-18(17)29-21)20(26)24(22(25)27)13-16-4-3-11-28-16/h3-4,7-11H,1-2,5-6,12-13H2. The topological polar surface area (TPSA) is 57.1 Å². The predicted molar refractivity (Wildman–Crippen MR) is 118 cm³/mol. The van der Waals surface area contributed by atoms with E-state index in [1.54, 1.807) is 34.3 Å². The molecule has 0 spiro atoms. The van der Waals surface area contributed by atoms with Crippen LogP contribution in [0.1, 0.15) is 34.6 Å². The lowest BCUT2D eigenvalue weighted by molar-refractivity contribution is 0.479. The van der Waals surface area contributed by atoms with Crippen LogP contribution in [0.15, 0.2) is 61.1 Å². The highest BCUT2D eigenvalue weighted by Crippen LogP contribution is 2.34. The molecule has 3 aromatic heterocycles. The van der Waals surface area contributed by atoms with Gasteiger partial charge in [0.1, 0.15) is 10.6 Å². The minimum atomic E-state index is -0.291. The van der Waals surface area contributed by atoms with Crippen molar-refractivity contribution in [1.82, 2.24) is 9.13 Å². The molecule has 0 N–H and O–H groups in total. The molecule has 0 saturated heterocycles. The number of benzene rings is 1. The average Bonchev–Trinajstić information content (AvgIpc) is 3.37. The lowest BCUT2D eigenvalue weighted by atomic mass is 9.97.